The van der Waals surface area contributed by atoms with E-state index in [9.17, 15) is 0 Å². The zero-order valence-electron chi connectivity index (χ0n) is 12.0. The van der Waals surface area contributed by atoms with Crippen molar-refractivity contribution >= 4 is 6.21 Å². The molecular formula is C17H19NO2. The molecule has 2 rings (SSSR count). The van der Waals surface area contributed by atoms with Crippen LogP contribution in [0.2, 0.25) is 0 Å². The lowest BCUT2D eigenvalue weighted by atomic mass is 10.1. The summed E-state index contributed by atoms with van der Waals surface area (Å²) in [6, 6.07) is 15.8. The Morgan fingerprint density at radius 1 is 0.900 bits per heavy atom. The number of benzene rings is 2. The second-order valence-corrected chi connectivity index (χ2v) is 4.44. The Labute approximate surface area is 119 Å². The van der Waals surface area contributed by atoms with Crippen LogP contribution in [0.15, 0.2) is 53.5 Å². The van der Waals surface area contributed by atoms with E-state index in [1.54, 1.807) is 14.2 Å². The summed E-state index contributed by atoms with van der Waals surface area (Å²) in [5, 5.41) is 0. The van der Waals surface area contributed by atoms with Gasteiger partial charge in [-0.3, -0.25) is 4.99 Å². The van der Waals surface area contributed by atoms with Gasteiger partial charge in [0, 0.05) is 17.3 Å². The fraction of sp³-hybridized carbons (Fsp3) is 0.235. The first-order valence-corrected chi connectivity index (χ1v) is 6.55. The van der Waals surface area contributed by atoms with E-state index < -0.39 is 0 Å². The fourth-order valence-electron chi connectivity index (χ4n) is 2.06. The van der Waals surface area contributed by atoms with E-state index in [2.05, 4.69) is 4.99 Å². The van der Waals surface area contributed by atoms with E-state index in [-0.39, 0.29) is 6.04 Å². The molecule has 3 nitrogen and oxygen atoms in total. The van der Waals surface area contributed by atoms with Crippen molar-refractivity contribution in [2.75, 3.05) is 14.2 Å². The van der Waals surface area contributed by atoms with Gasteiger partial charge in [-0.05, 0) is 25.1 Å². The summed E-state index contributed by atoms with van der Waals surface area (Å²) in [5.74, 6) is 1.68. The first kappa shape index (κ1) is 14.1. The minimum Gasteiger partial charge on any atom is -0.496 e. The topological polar surface area (TPSA) is 30.8 Å². The first-order valence-electron chi connectivity index (χ1n) is 6.55. The predicted octanol–water partition coefficient (Wildman–Crippen LogP) is 3.88. The van der Waals surface area contributed by atoms with Crippen LogP contribution in [0.25, 0.3) is 0 Å². The van der Waals surface area contributed by atoms with E-state index >= 15 is 0 Å². The molecule has 104 valence electrons. The Hall–Kier alpha value is -2.29. The summed E-state index contributed by atoms with van der Waals surface area (Å²) in [4.78, 5) is 4.60. The molecule has 0 aliphatic rings. The molecule has 3 heteroatoms. The normalized spacial score (nSPS) is 12.3. The first-order chi connectivity index (χ1) is 9.76. The van der Waals surface area contributed by atoms with Gasteiger partial charge in [0.05, 0.1) is 20.3 Å². The number of aliphatic imine (C=N–C) groups is 1. The van der Waals surface area contributed by atoms with Crippen LogP contribution < -0.4 is 9.47 Å². The van der Waals surface area contributed by atoms with Crippen LogP contribution in [0.3, 0.4) is 0 Å². The molecule has 0 aliphatic carbocycles. The molecule has 0 amide bonds. The van der Waals surface area contributed by atoms with Gasteiger partial charge in [0.25, 0.3) is 0 Å². The number of methoxy groups -OCH3 is 2. The number of hydrogen-bond donors (Lipinski definition) is 0. The van der Waals surface area contributed by atoms with E-state index in [4.69, 9.17) is 9.47 Å². The van der Waals surface area contributed by atoms with Crippen LogP contribution in [0.5, 0.6) is 11.5 Å². The fourth-order valence-corrected chi connectivity index (χ4v) is 2.06. The van der Waals surface area contributed by atoms with Crippen molar-refractivity contribution in [1.82, 2.24) is 0 Å². The highest BCUT2D eigenvalue weighted by Gasteiger charge is 2.08. The molecule has 0 fully saturated rings. The van der Waals surface area contributed by atoms with Gasteiger partial charge in [-0.1, -0.05) is 30.3 Å². The Balaban J connectivity index is 2.22. The molecular weight excluding hydrogens is 250 g/mol. The highest BCUT2D eigenvalue weighted by molar-refractivity contribution is 5.83. The quantitative estimate of drug-likeness (QED) is 0.771. The van der Waals surface area contributed by atoms with Crippen molar-refractivity contribution in [2.45, 2.75) is 13.0 Å². The number of para-hydroxylation sites is 2. The smallest absolute Gasteiger partial charge is 0.127 e. The Kier molecular flexibility index (Phi) is 4.77. The molecule has 0 saturated heterocycles. The molecule has 0 bridgehead atoms. The lowest BCUT2D eigenvalue weighted by molar-refractivity contribution is 0.407. The zero-order chi connectivity index (χ0) is 14.4. The Bertz CT molecular complexity index is 593. The van der Waals surface area contributed by atoms with Crippen LogP contribution in [0, 0.1) is 0 Å². The summed E-state index contributed by atoms with van der Waals surface area (Å²) in [7, 11) is 3.34. The van der Waals surface area contributed by atoms with Gasteiger partial charge in [-0.2, -0.15) is 0 Å². The van der Waals surface area contributed by atoms with Crippen molar-refractivity contribution in [3.05, 3.63) is 59.7 Å². The predicted molar refractivity (Wildman–Crippen MR) is 82.0 cm³/mol. The minimum atomic E-state index is 0.0241. The highest BCUT2D eigenvalue weighted by Crippen LogP contribution is 2.27. The molecule has 0 N–H and O–H groups in total. The second kappa shape index (κ2) is 6.75. The summed E-state index contributed by atoms with van der Waals surface area (Å²) < 4.78 is 10.7. The third-order valence-corrected chi connectivity index (χ3v) is 3.17. The maximum atomic E-state index is 5.36. The van der Waals surface area contributed by atoms with Gasteiger partial charge in [-0.15, -0.1) is 0 Å². The van der Waals surface area contributed by atoms with Crippen molar-refractivity contribution < 1.29 is 9.47 Å². The van der Waals surface area contributed by atoms with Crippen LogP contribution in [-0.4, -0.2) is 20.4 Å². The molecule has 0 heterocycles. The highest BCUT2D eigenvalue weighted by atomic mass is 16.5. The van der Waals surface area contributed by atoms with E-state index in [1.165, 1.54) is 0 Å². The Morgan fingerprint density at radius 2 is 1.50 bits per heavy atom. The lowest BCUT2D eigenvalue weighted by Crippen LogP contribution is -1.96. The lowest BCUT2D eigenvalue weighted by Gasteiger charge is -2.12. The van der Waals surface area contributed by atoms with Crippen molar-refractivity contribution in [1.29, 1.82) is 0 Å². The summed E-state index contributed by atoms with van der Waals surface area (Å²) in [6.45, 7) is 2.05. The van der Waals surface area contributed by atoms with E-state index in [0.717, 1.165) is 22.6 Å². The maximum absolute atomic E-state index is 5.36. The minimum absolute atomic E-state index is 0.0241. The number of rotatable bonds is 5. The van der Waals surface area contributed by atoms with Crippen LogP contribution in [0.1, 0.15) is 24.1 Å². The molecule has 2 aromatic rings. The monoisotopic (exact) mass is 269 g/mol. The van der Waals surface area contributed by atoms with Gasteiger partial charge in [0.15, 0.2) is 0 Å². The maximum Gasteiger partial charge on any atom is 0.127 e. The Morgan fingerprint density at radius 3 is 2.20 bits per heavy atom. The standard InChI is InChI=1S/C17H19NO2/c1-13(15-9-5-7-11-17(15)20-3)18-12-14-8-4-6-10-16(14)19-2/h4-13H,1-3H3/t13-/m1/s1. The van der Waals surface area contributed by atoms with E-state index in [0.29, 0.717) is 0 Å². The summed E-state index contributed by atoms with van der Waals surface area (Å²) >= 11 is 0. The van der Waals surface area contributed by atoms with Gasteiger partial charge < -0.3 is 9.47 Å². The molecule has 2 aromatic carbocycles. The summed E-state index contributed by atoms with van der Waals surface area (Å²) in [6.07, 6.45) is 1.84. The molecule has 20 heavy (non-hydrogen) atoms. The van der Waals surface area contributed by atoms with Gasteiger partial charge in [-0.25, -0.2) is 0 Å². The second-order valence-electron chi connectivity index (χ2n) is 4.44. The molecule has 0 aliphatic heterocycles. The number of ether oxygens (including phenoxy) is 2. The van der Waals surface area contributed by atoms with Gasteiger partial charge in [0.2, 0.25) is 0 Å². The van der Waals surface area contributed by atoms with E-state index in [1.807, 2.05) is 61.7 Å². The molecule has 0 saturated carbocycles. The van der Waals surface area contributed by atoms with Crippen molar-refractivity contribution in [2.24, 2.45) is 4.99 Å². The number of nitrogens with zero attached hydrogens (tertiary/aromatic N) is 1. The average molecular weight is 269 g/mol. The van der Waals surface area contributed by atoms with Crippen LogP contribution in [0.4, 0.5) is 0 Å². The van der Waals surface area contributed by atoms with Crippen molar-refractivity contribution in [3.63, 3.8) is 0 Å². The largest absolute Gasteiger partial charge is 0.496 e. The van der Waals surface area contributed by atoms with Crippen molar-refractivity contribution in [3.8, 4) is 11.5 Å². The average Bonchev–Trinajstić information content (AvgIpc) is 2.52. The SMILES string of the molecule is COc1ccccc1C=N[C@H](C)c1ccccc1OC. The number of hydrogen-bond acceptors (Lipinski definition) is 3. The summed E-state index contributed by atoms with van der Waals surface area (Å²) in [5.41, 5.74) is 2.04. The van der Waals surface area contributed by atoms with Gasteiger partial charge in [0.1, 0.15) is 11.5 Å². The molecule has 1 atom stereocenters. The molecule has 0 radical (unpaired) electrons. The zero-order valence-corrected chi connectivity index (χ0v) is 12.0. The van der Waals surface area contributed by atoms with Crippen LogP contribution >= 0.6 is 0 Å². The molecule has 0 aromatic heterocycles. The molecule has 0 spiro atoms. The molecule has 0 unspecified atom stereocenters. The third-order valence-electron chi connectivity index (χ3n) is 3.17. The van der Waals surface area contributed by atoms with Gasteiger partial charge >= 0.3 is 0 Å². The third kappa shape index (κ3) is 3.18. The van der Waals surface area contributed by atoms with Crippen LogP contribution in [-0.2, 0) is 0 Å².